The molecule has 1 N–H and O–H groups in total. The molecule has 0 aliphatic carbocycles. The van der Waals surface area contributed by atoms with E-state index in [1.807, 2.05) is 67.8 Å². The highest BCUT2D eigenvalue weighted by molar-refractivity contribution is 6.04. The second-order valence-corrected chi connectivity index (χ2v) is 11.5. The number of amides is 1. The standard InChI is InChI=1S/C36H37N7O/c1-25-6-11-32(40-36(44)28-9-7-27(8-10-28)24-43-17-15-42(3)16-18-43)20-29(25)21-34-38-14-12-33(41-34)30-19-31(23-37-22-30)35-26(2)5-4-13-39-35/h4-14,19-20,22-23H,15-18,21,24H2,1-3H3,(H,40,44). The molecule has 1 aliphatic rings. The van der Waals surface area contributed by atoms with Crippen molar-refractivity contribution in [1.82, 2.24) is 29.7 Å². The number of likely N-dealkylation sites (N-methyl/N-ethyl adjacent to an activating group) is 1. The number of pyridine rings is 2. The fourth-order valence-electron chi connectivity index (χ4n) is 5.48. The number of carbonyl (C=O) groups excluding carboxylic acids is 1. The van der Waals surface area contributed by atoms with Crippen LogP contribution in [0, 0.1) is 13.8 Å². The summed E-state index contributed by atoms with van der Waals surface area (Å²) in [5.74, 6) is 0.573. The maximum absolute atomic E-state index is 13.1. The third-order valence-electron chi connectivity index (χ3n) is 8.20. The Bertz CT molecular complexity index is 1760. The highest BCUT2D eigenvalue weighted by Gasteiger charge is 2.15. The first kappa shape index (κ1) is 29.3. The molecule has 6 rings (SSSR count). The average molecular weight is 584 g/mol. The molecule has 1 saturated heterocycles. The quantitative estimate of drug-likeness (QED) is 0.247. The lowest BCUT2D eigenvalue weighted by Gasteiger charge is -2.32. The van der Waals surface area contributed by atoms with Crippen molar-refractivity contribution in [2.45, 2.75) is 26.8 Å². The van der Waals surface area contributed by atoms with E-state index < -0.39 is 0 Å². The third-order valence-corrected chi connectivity index (χ3v) is 8.20. The molecule has 0 bridgehead atoms. The molecule has 222 valence electrons. The van der Waals surface area contributed by atoms with Crippen molar-refractivity contribution in [2.75, 3.05) is 38.5 Å². The van der Waals surface area contributed by atoms with E-state index in [4.69, 9.17) is 4.98 Å². The highest BCUT2D eigenvalue weighted by atomic mass is 16.1. The summed E-state index contributed by atoms with van der Waals surface area (Å²) in [6.45, 7) is 9.34. The maximum atomic E-state index is 13.1. The zero-order valence-corrected chi connectivity index (χ0v) is 25.5. The van der Waals surface area contributed by atoms with Crippen molar-refractivity contribution in [2.24, 2.45) is 0 Å². The van der Waals surface area contributed by atoms with Gasteiger partial charge in [0, 0.05) is 86.3 Å². The first-order chi connectivity index (χ1) is 21.4. The Hall–Kier alpha value is -4.79. The van der Waals surface area contributed by atoms with E-state index in [9.17, 15) is 4.79 Å². The Morgan fingerprint density at radius 2 is 1.64 bits per heavy atom. The van der Waals surface area contributed by atoms with Gasteiger partial charge in [-0.2, -0.15) is 0 Å². The molecule has 8 heteroatoms. The van der Waals surface area contributed by atoms with Gasteiger partial charge in [0.15, 0.2) is 0 Å². The van der Waals surface area contributed by atoms with Crippen LogP contribution in [0.25, 0.3) is 22.5 Å². The van der Waals surface area contributed by atoms with Crippen LogP contribution in [0.4, 0.5) is 5.69 Å². The van der Waals surface area contributed by atoms with Gasteiger partial charge >= 0.3 is 0 Å². The number of nitrogens with zero attached hydrogens (tertiary/aromatic N) is 6. The van der Waals surface area contributed by atoms with Crippen molar-refractivity contribution < 1.29 is 4.79 Å². The molecule has 0 saturated carbocycles. The van der Waals surface area contributed by atoms with Gasteiger partial charge in [0.1, 0.15) is 5.82 Å². The van der Waals surface area contributed by atoms with Crippen LogP contribution in [0.1, 0.15) is 38.4 Å². The predicted octanol–water partition coefficient (Wildman–Crippen LogP) is 5.81. The van der Waals surface area contributed by atoms with Gasteiger partial charge in [0.2, 0.25) is 0 Å². The summed E-state index contributed by atoms with van der Waals surface area (Å²) in [7, 11) is 2.16. The van der Waals surface area contributed by atoms with Gasteiger partial charge in [-0.15, -0.1) is 0 Å². The molecule has 1 aliphatic heterocycles. The van der Waals surface area contributed by atoms with E-state index in [1.54, 1.807) is 12.4 Å². The van der Waals surface area contributed by atoms with Crippen LogP contribution in [0.2, 0.25) is 0 Å². The van der Waals surface area contributed by atoms with Crippen molar-refractivity contribution in [3.8, 4) is 22.5 Å². The van der Waals surface area contributed by atoms with E-state index in [2.05, 4.69) is 62.2 Å². The lowest BCUT2D eigenvalue weighted by atomic mass is 10.0. The smallest absolute Gasteiger partial charge is 0.255 e. The van der Waals surface area contributed by atoms with Crippen LogP contribution in [0.5, 0.6) is 0 Å². The van der Waals surface area contributed by atoms with Gasteiger partial charge in [0.25, 0.3) is 5.91 Å². The van der Waals surface area contributed by atoms with E-state index in [0.29, 0.717) is 17.8 Å². The van der Waals surface area contributed by atoms with Gasteiger partial charge in [-0.25, -0.2) is 9.97 Å². The third kappa shape index (κ3) is 7.05. The topological polar surface area (TPSA) is 87.1 Å². The predicted molar refractivity (Wildman–Crippen MR) is 174 cm³/mol. The van der Waals surface area contributed by atoms with Crippen LogP contribution in [0.3, 0.4) is 0 Å². The molecule has 2 aromatic carbocycles. The summed E-state index contributed by atoms with van der Waals surface area (Å²) in [5, 5.41) is 3.07. The molecular formula is C36H37N7O. The summed E-state index contributed by atoms with van der Waals surface area (Å²) >= 11 is 0. The Labute approximate surface area is 258 Å². The summed E-state index contributed by atoms with van der Waals surface area (Å²) in [6, 6.07) is 21.8. The number of anilines is 1. The minimum Gasteiger partial charge on any atom is -0.322 e. The highest BCUT2D eigenvalue weighted by Crippen LogP contribution is 2.26. The van der Waals surface area contributed by atoms with Crippen molar-refractivity contribution >= 4 is 11.6 Å². The molecule has 1 amide bonds. The number of benzene rings is 2. The van der Waals surface area contributed by atoms with Gasteiger partial charge in [0.05, 0.1) is 11.4 Å². The Morgan fingerprint density at radius 3 is 2.43 bits per heavy atom. The van der Waals surface area contributed by atoms with E-state index in [0.717, 1.165) is 77.6 Å². The van der Waals surface area contributed by atoms with Crippen molar-refractivity contribution in [3.63, 3.8) is 0 Å². The van der Waals surface area contributed by atoms with Crippen LogP contribution in [-0.2, 0) is 13.0 Å². The first-order valence-corrected chi connectivity index (χ1v) is 15.0. The second kappa shape index (κ2) is 13.2. The molecule has 3 aromatic heterocycles. The molecule has 5 aromatic rings. The van der Waals surface area contributed by atoms with Crippen molar-refractivity contribution in [3.05, 3.63) is 125 Å². The lowest BCUT2D eigenvalue weighted by Crippen LogP contribution is -2.43. The number of aromatic nitrogens is 4. The van der Waals surface area contributed by atoms with Gasteiger partial charge in [-0.1, -0.05) is 24.3 Å². The number of nitrogens with one attached hydrogen (secondary N) is 1. The summed E-state index contributed by atoms with van der Waals surface area (Å²) in [5.41, 5.74) is 9.43. The summed E-state index contributed by atoms with van der Waals surface area (Å²) in [4.78, 5) is 36.3. The normalized spacial score (nSPS) is 14.0. The zero-order valence-electron chi connectivity index (χ0n) is 25.5. The monoisotopic (exact) mass is 583 g/mol. The molecular weight excluding hydrogens is 546 g/mol. The summed E-state index contributed by atoms with van der Waals surface area (Å²) in [6.07, 6.45) is 7.76. The Balaban J connectivity index is 1.13. The van der Waals surface area contributed by atoms with Crippen LogP contribution in [0.15, 0.2) is 91.5 Å². The van der Waals surface area contributed by atoms with E-state index in [-0.39, 0.29) is 5.91 Å². The summed E-state index contributed by atoms with van der Waals surface area (Å²) < 4.78 is 0. The molecule has 0 unspecified atom stereocenters. The number of carbonyl (C=O) groups is 1. The van der Waals surface area contributed by atoms with E-state index in [1.165, 1.54) is 5.56 Å². The van der Waals surface area contributed by atoms with Gasteiger partial charge in [-0.05, 0) is 85.6 Å². The molecule has 44 heavy (non-hydrogen) atoms. The molecule has 0 spiro atoms. The minimum absolute atomic E-state index is 0.125. The van der Waals surface area contributed by atoms with Crippen LogP contribution >= 0.6 is 0 Å². The minimum atomic E-state index is -0.125. The fraction of sp³-hybridized carbons (Fsp3) is 0.250. The lowest BCUT2D eigenvalue weighted by molar-refractivity contribution is 0.102. The van der Waals surface area contributed by atoms with Crippen molar-refractivity contribution in [1.29, 1.82) is 0 Å². The Kier molecular flexibility index (Phi) is 8.81. The fourth-order valence-corrected chi connectivity index (χ4v) is 5.48. The number of hydrogen-bond donors (Lipinski definition) is 1. The molecule has 0 atom stereocenters. The van der Waals surface area contributed by atoms with E-state index >= 15 is 0 Å². The maximum Gasteiger partial charge on any atom is 0.255 e. The zero-order chi connectivity index (χ0) is 30.5. The van der Waals surface area contributed by atoms with Crippen LogP contribution < -0.4 is 5.32 Å². The second-order valence-electron chi connectivity index (χ2n) is 11.5. The van der Waals surface area contributed by atoms with Gasteiger partial charge in [-0.3, -0.25) is 19.7 Å². The number of piperazine rings is 1. The first-order valence-electron chi connectivity index (χ1n) is 15.0. The number of aryl methyl sites for hydroxylation is 2. The average Bonchev–Trinajstić information content (AvgIpc) is 3.04. The van der Waals surface area contributed by atoms with Crippen LogP contribution in [-0.4, -0.2) is 68.9 Å². The molecule has 4 heterocycles. The molecule has 0 radical (unpaired) electrons. The SMILES string of the molecule is Cc1ccc(NC(=O)c2ccc(CN3CCN(C)CC3)cc2)cc1Cc1nccc(-c2cncc(-c3ncccc3C)c2)n1. The number of hydrogen-bond acceptors (Lipinski definition) is 7. The molecule has 1 fully saturated rings. The van der Waals surface area contributed by atoms with Gasteiger partial charge < -0.3 is 10.2 Å². The molecule has 8 nitrogen and oxygen atoms in total. The number of rotatable bonds is 8. The largest absolute Gasteiger partial charge is 0.322 e. The Morgan fingerprint density at radius 1 is 0.841 bits per heavy atom.